The average molecular weight is 260 g/mol. The van der Waals surface area contributed by atoms with Crippen LogP contribution in [0, 0.1) is 0 Å². The third kappa shape index (κ3) is 4.46. The second-order valence-electron chi connectivity index (χ2n) is 5.15. The summed E-state index contributed by atoms with van der Waals surface area (Å²) in [6.45, 7) is 3.99. The SMILES string of the molecule is COCC1=CCN(CCC(N)c2ccccc2)CC1. The Morgan fingerprint density at radius 2 is 2.11 bits per heavy atom. The van der Waals surface area contributed by atoms with Crippen LogP contribution in [0.25, 0.3) is 0 Å². The number of ether oxygens (including phenoxy) is 1. The van der Waals surface area contributed by atoms with Crippen LogP contribution in [0.5, 0.6) is 0 Å². The van der Waals surface area contributed by atoms with Gasteiger partial charge in [0, 0.05) is 32.8 Å². The number of nitrogens with zero attached hydrogens (tertiary/aromatic N) is 1. The molecule has 0 aromatic heterocycles. The zero-order valence-corrected chi connectivity index (χ0v) is 11.7. The summed E-state index contributed by atoms with van der Waals surface area (Å²) in [5.41, 5.74) is 8.88. The van der Waals surface area contributed by atoms with Crippen LogP contribution < -0.4 is 5.73 Å². The van der Waals surface area contributed by atoms with Crippen molar-refractivity contribution in [1.82, 2.24) is 4.90 Å². The van der Waals surface area contributed by atoms with E-state index in [0.717, 1.165) is 39.1 Å². The zero-order chi connectivity index (χ0) is 13.5. The molecule has 1 atom stereocenters. The van der Waals surface area contributed by atoms with Crippen molar-refractivity contribution in [2.75, 3.05) is 33.4 Å². The van der Waals surface area contributed by atoms with E-state index in [-0.39, 0.29) is 6.04 Å². The zero-order valence-electron chi connectivity index (χ0n) is 11.7. The Kier molecular flexibility index (Phi) is 5.58. The molecule has 2 N–H and O–H groups in total. The van der Waals surface area contributed by atoms with Crippen molar-refractivity contribution in [3.05, 3.63) is 47.5 Å². The van der Waals surface area contributed by atoms with Gasteiger partial charge in [0.05, 0.1) is 6.61 Å². The molecule has 3 nitrogen and oxygen atoms in total. The first-order valence-corrected chi connectivity index (χ1v) is 6.99. The molecule has 0 saturated carbocycles. The van der Waals surface area contributed by atoms with Crippen LogP contribution in [0.15, 0.2) is 42.0 Å². The highest BCUT2D eigenvalue weighted by molar-refractivity contribution is 5.18. The Morgan fingerprint density at radius 1 is 1.32 bits per heavy atom. The smallest absolute Gasteiger partial charge is 0.0673 e. The Hall–Kier alpha value is -1.16. The van der Waals surface area contributed by atoms with Crippen molar-refractivity contribution in [3.8, 4) is 0 Å². The lowest BCUT2D eigenvalue weighted by atomic mass is 10.0. The van der Waals surface area contributed by atoms with Gasteiger partial charge >= 0.3 is 0 Å². The van der Waals surface area contributed by atoms with Crippen LogP contribution in [0.2, 0.25) is 0 Å². The van der Waals surface area contributed by atoms with Gasteiger partial charge < -0.3 is 10.5 Å². The third-order valence-electron chi connectivity index (χ3n) is 3.70. The van der Waals surface area contributed by atoms with Crippen molar-refractivity contribution in [3.63, 3.8) is 0 Å². The van der Waals surface area contributed by atoms with E-state index in [9.17, 15) is 0 Å². The van der Waals surface area contributed by atoms with Gasteiger partial charge in [-0.25, -0.2) is 0 Å². The summed E-state index contributed by atoms with van der Waals surface area (Å²) in [4.78, 5) is 2.46. The fourth-order valence-corrected chi connectivity index (χ4v) is 2.46. The molecule has 0 fully saturated rings. The molecule has 0 bridgehead atoms. The van der Waals surface area contributed by atoms with Crippen LogP contribution in [-0.2, 0) is 4.74 Å². The van der Waals surface area contributed by atoms with Gasteiger partial charge in [-0.15, -0.1) is 0 Å². The van der Waals surface area contributed by atoms with Gasteiger partial charge in [0.1, 0.15) is 0 Å². The fourth-order valence-electron chi connectivity index (χ4n) is 2.46. The molecule has 1 aromatic rings. The summed E-state index contributed by atoms with van der Waals surface area (Å²) in [6, 6.07) is 10.5. The number of rotatable bonds is 6. The molecule has 2 rings (SSSR count). The normalized spacial score (nSPS) is 18.1. The maximum Gasteiger partial charge on any atom is 0.0673 e. The maximum absolute atomic E-state index is 6.23. The quantitative estimate of drug-likeness (QED) is 0.798. The third-order valence-corrected chi connectivity index (χ3v) is 3.70. The van der Waals surface area contributed by atoms with Gasteiger partial charge in [-0.3, -0.25) is 4.90 Å². The van der Waals surface area contributed by atoms with E-state index in [0.29, 0.717) is 0 Å². The van der Waals surface area contributed by atoms with Crippen LogP contribution in [0.1, 0.15) is 24.4 Å². The molecule has 0 radical (unpaired) electrons. The summed E-state index contributed by atoms with van der Waals surface area (Å²) in [5, 5.41) is 0. The van der Waals surface area contributed by atoms with Crippen LogP contribution in [0.3, 0.4) is 0 Å². The standard InChI is InChI=1S/C16H24N2O/c1-19-13-14-7-10-18(11-8-14)12-9-16(17)15-5-3-2-4-6-15/h2-7,16H,8-13,17H2,1H3. The maximum atomic E-state index is 6.23. The molecule has 1 aliphatic heterocycles. The summed E-state index contributed by atoms with van der Waals surface area (Å²) in [5.74, 6) is 0. The lowest BCUT2D eigenvalue weighted by molar-refractivity contribution is 0.210. The molecule has 1 heterocycles. The second-order valence-corrected chi connectivity index (χ2v) is 5.15. The van der Waals surface area contributed by atoms with E-state index >= 15 is 0 Å². The Morgan fingerprint density at radius 3 is 2.74 bits per heavy atom. The number of benzene rings is 1. The van der Waals surface area contributed by atoms with Gasteiger partial charge in [-0.1, -0.05) is 36.4 Å². The molecule has 1 aromatic carbocycles. The van der Waals surface area contributed by atoms with Gasteiger partial charge in [0.25, 0.3) is 0 Å². The molecule has 0 saturated heterocycles. The van der Waals surface area contributed by atoms with E-state index in [4.69, 9.17) is 10.5 Å². The van der Waals surface area contributed by atoms with Crippen molar-refractivity contribution >= 4 is 0 Å². The van der Waals surface area contributed by atoms with Gasteiger partial charge in [0.15, 0.2) is 0 Å². The van der Waals surface area contributed by atoms with Gasteiger partial charge in [0.2, 0.25) is 0 Å². The number of nitrogens with two attached hydrogens (primary N) is 1. The lowest BCUT2D eigenvalue weighted by Gasteiger charge is -2.27. The van der Waals surface area contributed by atoms with Crippen LogP contribution in [-0.4, -0.2) is 38.3 Å². The van der Waals surface area contributed by atoms with Gasteiger partial charge in [-0.05, 0) is 24.0 Å². The Balaban J connectivity index is 1.75. The molecule has 3 heteroatoms. The van der Waals surface area contributed by atoms with Crippen molar-refractivity contribution < 1.29 is 4.74 Å². The van der Waals surface area contributed by atoms with E-state index in [2.05, 4.69) is 35.2 Å². The van der Waals surface area contributed by atoms with E-state index in [1.165, 1.54) is 11.1 Å². The minimum atomic E-state index is 0.144. The van der Waals surface area contributed by atoms with Crippen LogP contribution in [0.4, 0.5) is 0 Å². The lowest BCUT2D eigenvalue weighted by Crippen LogP contribution is -2.32. The predicted molar refractivity (Wildman–Crippen MR) is 79.0 cm³/mol. The number of hydrogen-bond donors (Lipinski definition) is 1. The molecule has 1 aliphatic rings. The summed E-state index contributed by atoms with van der Waals surface area (Å²) in [7, 11) is 1.76. The average Bonchev–Trinajstić information content (AvgIpc) is 2.47. The molecular weight excluding hydrogens is 236 g/mol. The predicted octanol–water partition coefficient (Wildman–Crippen LogP) is 2.36. The monoisotopic (exact) mass is 260 g/mol. The van der Waals surface area contributed by atoms with Crippen molar-refractivity contribution in [1.29, 1.82) is 0 Å². The Labute approximate surface area is 116 Å². The van der Waals surface area contributed by atoms with Crippen LogP contribution >= 0.6 is 0 Å². The second kappa shape index (κ2) is 7.43. The number of methoxy groups -OCH3 is 1. The molecule has 104 valence electrons. The molecule has 0 amide bonds. The molecular formula is C16H24N2O. The summed E-state index contributed by atoms with van der Waals surface area (Å²) >= 11 is 0. The summed E-state index contributed by atoms with van der Waals surface area (Å²) < 4.78 is 5.17. The first-order valence-electron chi connectivity index (χ1n) is 6.99. The molecule has 0 spiro atoms. The van der Waals surface area contributed by atoms with E-state index in [1.54, 1.807) is 7.11 Å². The number of hydrogen-bond acceptors (Lipinski definition) is 3. The topological polar surface area (TPSA) is 38.5 Å². The highest BCUT2D eigenvalue weighted by atomic mass is 16.5. The minimum absolute atomic E-state index is 0.144. The largest absolute Gasteiger partial charge is 0.380 e. The molecule has 0 aliphatic carbocycles. The molecule has 19 heavy (non-hydrogen) atoms. The Bertz CT molecular complexity index is 402. The van der Waals surface area contributed by atoms with Crippen molar-refractivity contribution in [2.45, 2.75) is 18.9 Å². The summed E-state index contributed by atoms with van der Waals surface area (Å²) in [6.07, 6.45) is 4.42. The van der Waals surface area contributed by atoms with E-state index in [1.807, 2.05) is 6.07 Å². The highest BCUT2D eigenvalue weighted by Crippen LogP contribution is 2.16. The first-order chi connectivity index (χ1) is 9.29. The minimum Gasteiger partial charge on any atom is -0.380 e. The fraction of sp³-hybridized carbons (Fsp3) is 0.500. The molecule has 1 unspecified atom stereocenters. The van der Waals surface area contributed by atoms with Gasteiger partial charge in [-0.2, -0.15) is 0 Å². The van der Waals surface area contributed by atoms with Crippen molar-refractivity contribution in [2.24, 2.45) is 5.73 Å². The first kappa shape index (κ1) is 14.3. The highest BCUT2D eigenvalue weighted by Gasteiger charge is 2.13. The van der Waals surface area contributed by atoms with E-state index < -0.39 is 0 Å².